The Balaban J connectivity index is 1.99. The fraction of sp³-hybridized carbons (Fsp3) is 0.174. The van der Waals surface area contributed by atoms with E-state index in [1.165, 1.54) is 23.3 Å². The van der Waals surface area contributed by atoms with Gasteiger partial charge in [-0.05, 0) is 44.2 Å². The Morgan fingerprint density at radius 2 is 1.81 bits per heavy atom. The average Bonchev–Trinajstić information content (AvgIpc) is 3.23. The third-order valence-corrected chi connectivity index (χ3v) is 6.54. The maximum absolute atomic E-state index is 13.1. The van der Waals surface area contributed by atoms with Crippen LogP contribution in [0.3, 0.4) is 0 Å². The molecule has 0 radical (unpaired) electrons. The van der Waals surface area contributed by atoms with Crippen molar-refractivity contribution in [3.8, 4) is 5.75 Å². The van der Waals surface area contributed by atoms with E-state index in [-0.39, 0.29) is 11.3 Å². The molecule has 1 aromatic heterocycles. The lowest BCUT2D eigenvalue weighted by molar-refractivity contribution is -0.132. The Morgan fingerprint density at radius 3 is 2.42 bits per heavy atom. The number of carbonyl (C=O) groups excluding carboxylic acids is 2. The zero-order chi connectivity index (χ0) is 22.3. The molecule has 1 atom stereocenters. The third kappa shape index (κ3) is 3.60. The van der Waals surface area contributed by atoms with Gasteiger partial charge >= 0.3 is 5.91 Å². The molecule has 0 aliphatic carbocycles. The molecule has 1 fully saturated rings. The van der Waals surface area contributed by atoms with E-state index in [2.05, 4.69) is 4.98 Å². The first-order valence-corrected chi connectivity index (χ1v) is 10.7. The second-order valence-electron chi connectivity index (χ2n) is 7.06. The Hall–Kier alpha value is -3.16. The topological polar surface area (TPSA) is 79.7 Å². The lowest BCUT2D eigenvalue weighted by Crippen LogP contribution is -2.29. The van der Waals surface area contributed by atoms with Gasteiger partial charge in [0.25, 0.3) is 5.78 Å². The molecular formula is C23H19ClN2O4S. The van der Waals surface area contributed by atoms with Crippen LogP contribution in [0.2, 0.25) is 5.02 Å². The minimum Gasteiger partial charge on any atom is -0.507 e. The third-order valence-electron chi connectivity index (χ3n) is 5.22. The van der Waals surface area contributed by atoms with E-state index in [0.717, 1.165) is 10.6 Å². The van der Waals surface area contributed by atoms with E-state index >= 15 is 0 Å². The summed E-state index contributed by atoms with van der Waals surface area (Å²) in [5.74, 6) is -1.32. The van der Waals surface area contributed by atoms with Gasteiger partial charge in [0, 0.05) is 21.0 Å². The lowest BCUT2D eigenvalue weighted by atomic mass is 9.95. The molecular weight excluding hydrogens is 436 g/mol. The number of halogens is 1. The lowest BCUT2D eigenvalue weighted by Gasteiger charge is -2.24. The summed E-state index contributed by atoms with van der Waals surface area (Å²) in [7, 11) is 1.52. The number of aryl methyl sites for hydroxylation is 2. The number of methoxy groups -OCH3 is 1. The van der Waals surface area contributed by atoms with Crippen molar-refractivity contribution in [2.24, 2.45) is 0 Å². The van der Waals surface area contributed by atoms with Gasteiger partial charge in [-0.3, -0.25) is 14.5 Å². The Kier molecular flexibility index (Phi) is 5.56. The first kappa shape index (κ1) is 21.1. The highest BCUT2D eigenvalue weighted by atomic mass is 35.5. The summed E-state index contributed by atoms with van der Waals surface area (Å²) >= 11 is 7.28. The molecule has 2 heterocycles. The number of amides is 1. The number of hydrogen-bond donors (Lipinski definition) is 1. The minimum atomic E-state index is -0.892. The molecule has 8 heteroatoms. The van der Waals surface area contributed by atoms with Gasteiger partial charge in [0.2, 0.25) is 0 Å². The second-order valence-corrected chi connectivity index (χ2v) is 8.67. The van der Waals surface area contributed by atoms with Crippen molar-refractivity contribution < 1.29 is 19.4 Å². The highest BCUT2D eigenvalue weighted by Gasteiger charge is 2.49. The first-order chi connectivity index (χ1) is 14.8. The molecule has 2 aromatic carbocycles. The smallest absolute Gasteiger partial charge is 0.301 e. The van der Waals surface area contributed by atoms with Gasteiger partial charge < -0.3 is 9.84 Å². The molecule has 0 bridgehead atoms. The van der Waals surface area contributed by atoms with E-state index in [1.807, 2.05) is 13.8 Å². The largest absolute Gasteiger partial charge is 0.507 e. The average molecular weight is 455 g/mol. The molecule has 4 rings (SSSR count). The fourth-order valence-corrected chi connectivity index (χ4v) is 4.60. The molecule has 1 N–H and O–H groups in total. The monoisotopic (exact) mass is 454 g/mol. The molecule has 1 aliphatic heterocycles. The van der Waals surface area contributed by atoms with Crippen LogP contribution in [0.4, 0.5) is 5.13 Å². The van der Waals surface area contributed by atoms with E-state index in [9.17, 15) is 14.7 Å². The number of rotatable bonds is 4. The summed E-state index contributed by atoms with van der Waals surface area (Å²) in [5, 5.41) is 12.0. The Morgan fingerprint density at radius 1 is 1.13 bits per heavy atom. The van der Waals surface area contributed by atoms with Crippen LogP contribution in [0, 0.1) is 13.8 Å². The fourth-order valence-electron chi connectivity index (χ4n) is 3.54. The number of Topliss-reactive ketones (excluding diaryl/α,β-unsaturated/α-hetero) is 1. The zero-order valence-corrected chi connectivity index (χ0v) is 18.6. The molecule has 1 amide bonds. The van der Waals surface area contributed by atoms with E-state index in [4.69, 9.17) is 16.3 Å². The summed E-state index contributed by atoms with van der Waals surface area (Å²) in [6, 6.07) is 12.6. The standard InChI is InChI=1S/C23H19ClN2O4S/c1-12-13(2)31-23(25-12)26-19(16-6-4-5-7-17(16)30-3)18(21(28)22(26)29)20(27)14-8-10-15(24)11-9-14/h4-11,19,27H,1-3H3/b20-18+. The second kappa shape index (κ2) is 8.17. The molecule has 1 aliphatic rings. The van der Waals surface area contributed by atoms with E-state index in [0.29, 0.717) is 27.0 Å². The number of aliphatic hydroxyl groups is 1. The van der Waals surface area contributed by atoms with Crippen LogP contribution in [-0.2, 0) is 9.59 Å². The summed E-state index contributed by atoms with van der Waals surface area (Å²) < 4.78 is 5.50. The molecule has 6 nitrogen and oxygen atoms in total. The number of anilines is 1. The number of ether oxygens (including phenoxy) is 1. The maximum atomic E-state index is 13.1. The SMILES string of the molecule is COc1ccccc1C1/C(=C(\O)c2ccc(Cl)cc2)C(=O)C(=O)N1c1nc(C)c(C)s1. The molecule has 3 aromatic rings. The molecule has 0 spiro atoms. The van der Waals surface area contributed by atoms with Gasteiger partial charge in [-0.15, -0.1) is 11.3 Å². The minimum absolute atomic E-state index is 0.0256. The first-order valence-electron chi connectivity index (χ1n) is 9.47. The maximum Gasteiger partial charge on any atom is 0.301 e. The van der Waals surface area contributed by atoms with Crippen LogP contribution in [-0.4, -0.2) is 28.9 Å². The molecule has 1 unspecified atom stereocenters. The number of nitrogens with zero attached hydrogens (tertiary/aromatic N) is 2. The number of aliphatic hydroxyl groups excluding tert-OH is 1. The van der Waals surface area contributed by atoms with Crippen LogP contribution in [0.1, 0.15) is 27.7 Å². The van der Waals surface area contributed by atoms with Gasteiger partial charge in [-0.1, -0.05) is 29.8 Å². The normalized spacial score (nSPS) is 17.9. The number of thiazole rings is 1. The molecule has 31 heavy (non-hydrogen) atoms. The van der Waals surface area contributed by atoms with Gasteiger partial charge in [0.15, 0.2) is 5.13 Å². The van der Waals surface area contributed by atoms with Crippen molar-refractivity contribution in [3.05, 3.63) is 80.8 Å². The van der Waals surface area contributed by atoms with Crippen molar-refractivity contribution in [1.82, 2.24) is 4.98 Å². The number of benzene rings is 2. The highest BCUT2D eigenvalue weighted by molar-refractivity contribution is 7.16. The van der Waals surface area contributed by atoms with Gasteiger partial charge in [0.1, 0.15) is 17.6 Å². The van der Waals surface area contributed by atoms with Crippen LogP contribution in [0.15, 0.2) is 54.1 Å². The van der Waals surface area contributed by atoms with Crippen molar-refractivity contribution >= 4 is 45.5 Å². The van der Waals surface area contributed by atoms with Crippen molar-refractivity contribution in [2.75, 3.05) is 12.0 Å². The van der Waals surface area contributed by atoms with E-state index in [1.54, 1.807) is 48.5 Å². The van der Waals surface area contributed by atoms with E-state index < -0.39 is 17.7 Å². The highest BCUT2D eigenvalue weighted by Crippen LogP contribution is 2.46. The van der Waals surface area contributed by atoms with Crippen LogP contribution >= 0.6 is 22.9 Å². The molecule has 0 saturated carbocycles. The number of hydrogen-bond acceptors (Lipinski definition) is 6. The number of ketones is 1. The van der Waals surface area contributed by atoms with Crippen molar-refractivity contribution in [1.29, 1.82) is 0 Å². The van der Waals surface area contributed by atoms with Gasteiger partial charge in [-0.25, -0.2) is 4.98 Å². The van der Waals surface area contributed by atoms with Crippen LogP contribution in [0.5, 0.6) is 5.75 Å². The summed E-state index contributed by atoms with van der Waals surface area (Å²) in [6.45, 7) is 3.75. The van der Waals surface area contributed by atoms with Crippen molar-refractivity contribution in [2.45, 2.75) is 19.9 Å². The van der Waals surface area contributed by atoms with Crippen LogP contribution < -0.4 is 9.64 Å². The Bertz CT molecular complexity index is 1200. The summed E-state index contributed by atoms with van der Waals surface area (Å²) in [4.78, 5) is 33.1. The number of carbonyl (C=O) groups is 2. The molecule has 158 valence electrons. The van der Waals surface area contributed by atoms with Gasteiger partial charge in [-0.2, -0.15) is 0 Å². The zero-order valence-electron chi connectivity index (χ0n) is 17.0. The number of para-hydroxylation sites is 1. The van der Waals surface area contributed by atoms with Crippen molar-refractivity contribution in [3.63, 3.8) is 0 Å². The summed E-state index contributed by atoms with van der Waals surface area (Å²) in [6.07, 6.45) is 0. The predicted molar refractivity (Wildman–Crippen MR) is 121 cm³/mol. The van der Waals surface area contributed by atoms with Gasteiger partial charge in [0.05, 0.1) is 18.4 Å². The number of aromatic nitrogens is 1. The summed E-state index contributed by atoms with van der Waals surface area (Å²) in [5.41, 5.74) is 1.71. The Labute approximate surface area is 188 Å². The van der Waals surface area contributed by atoms with Crippen LogP contribution in [0.25, 0.3) is 5.76 Å². The quantitative estimate of drug-likeness (QED) is 0.339. The predicted octanol–water partition coefficient (Wildman–Crippen LogP) is 5.05. The molecule has 1 saturated heterocycles.